The summed E-state index contributed by atoms with van der Waals surface area (Å²) in [4.78, 5) is 31.0. The lowest BCUT2D eigenvalue weighted by molar-refractivity contribution is -0.115. The molecule has 5 nitrogen and oxygen atoms in total. The molecule has 0 fully saturated rings. The number of thioether (sulfide) groups is 1. The zero-order chi connectivity index (χ0) is 23.5. The summed E-state index contributed by atoms with van der Waals surface area (Å²) in [5.74, 6) is -0.264. The summed E-state index contributed by atoms with van der Waals surface area (Å²) in [6, 6.07) is 19.9. The fourth-order valence-corrected chi connectivity index (χ4v) is 4.72. The number of para-hydroxylation sites is 1. The largest absolute Gasteiger partial charge is 0.324 e. The molecule has 3 aromatic carbocycles. The molecule has 1 aromatic heterocycles. The van der Waals surface area contributed by atoms with E-state index in [9.17, 15) is 9.59 Å². The van der Waals surface area contributed by atoms with Crippen molar-refractivity contribution in [2.75, 3.05) is 5.32 Å². The highest BCUT2D eigenvalue weighted by molar-refractivity contribution is 8.00. The molecular weight excluding hydrogens is 477 g/mol. The molecule has 0 aliphatic carbocycles. The van der Waals surface area contributed by atoms with E-state index >= 15 is 0 Å². The van der Waals surface area contributed by atoms with Gasteiger partial charge in [-0.3, -0.25) is 14.2 Å². The zero-order valence-electron chi connectivity index (χ0n) is 18.0. The van der Waals surface area contributed by atoms with Gasteiger partial charge in [-0.15, -0.1) is 0 Å². The lowest BCUT2D eigenvalue weighted by atomic mass is 10.1. The summed E-state index contributed by atoms with van der Waals surface area (Å²) < 4.78 is 1.56. The number of fused-ring (bicyclic) bond motifs is 1. The Hall–Kier alpha value is -2.80. The van der Waals surface area contributed by atoms with Gasteiger partial charge in [0.05, 0.1) is 32.6 Å². The van der Waals surface area contributed by atoms with Crippen molar-refractivity contribution in [1.82, 2.24) is 9.55 Å². The molecule has 0 saturated heterocycles. The molecule has 1 unspecified atom stereocenters. The number of carbonyl (C=O) groups excluding carboxylic acids is 1. The minimum Gasteiger partial charge on any atom is -0.324 e. The number of carbonyl (C=O) groups is 1. The SMILES string of the molecule is CCc1ccc(-n2c(SC(C)C(=O)Nc3ccc(Cl)cc3Cl)nc3ccccc3c2=O)cc1. The van der Waals surface area contributed by atoms with E-state index in [0.29, 0.717) is 37.5 Å². The monoisotopic (exact) mass is 497 g/mol. The molecular formula is C25H21Cl2N3O2S. The van der Waals surface area contributed by atoms with Gasteiger partial charge in [-0.2, -0.15) is 0 Å². The van der Waals surface area contributed by atoms with E-state index in [0.717, 1.165) is 6.42 Å². The summed E-state index contributed by atoms with van der Waals surface area (Å²) in [5.41, 5.74) is 2.74. The van der Waals surface area contributed by atoms with E-state index < -0.39 is 5.25 Å². The van der Waals surface area contributed by atoms with Crippen molar-refractivity contribution in [2.45, 2.75) is 30.7 Å². The molecule has 0 bridgehead atoms. The van der Waals surface area contributed by atoms with Gasteiger partial charge >= 0.3 is 0 Å². The summed E-state index contributed by atoms with van der Waals surface area (Å²) in [5, 5.41) is 4.06. The maximum atomic E-state index is 13.4. The molecule has 4 rings (SSSR count). The maximum Gasteiger partial charge on any atom is 0.266 e. The minimum atomic E-state index is -0.550. The Morgan fingerprint density at radius 2 is 1.82 bits per heavy atom. The van der Waals surface area contributed by atoms with Crippen molar-refractivity contribution in [3.63, 3.8) is 0 Å². The Kier molecular flexibility index (Phi) is 7.08. The average Bonchev–Trinajstić information content (AvgIpc) is 2.81. The number of hydrogen-bond acceptors (Lipinski definition) is 4. The molecule has 1 N–H and O–H groups in total. The lowest BCUT2D eigenvalue weighted by Crippen LogP contribution is -2.26. The summed E-state index contributed by atoms with van der Waals surface area (Å²) >= 11 is 13.3. The van der Waals surface area contributed by atoms with Crippen LogP contribution in [-0.4, -0.2) is 20.7 Å². The smallest absolute Gasteiger partial charge is 0.266 e. The number of benzene rings is 3. The van der Waals surface area contributed by atoms with E-state index in [4.69, 9.17) is 28.2 Å². The quantitative estimate of drug-likeness (QED) is 0.248. The summed E-state index contributed by atoms with van der Waals surface area (Å²) in [6.45, 7) is 3.84. The first kappa shape index (κ1) is 23.4. The summed E-state index contributed by atoms with van der Waals surface area (Å²) in [6.07, 6.45) is 0.900. The van der Waals surface area contributed by atoms with Gasteiger partial charge in [0.15, 0.2) is 5.16 Å². The van der Waals surface area contributed by atoms with Crippen LogP contribution in [0.4, 0.5) is 5.69 Å². The predicted octanol–water partition coefficient (Wildman–Crippen LogP) is 6.37. The van der Waals surface area contributed by atoms with Crippen molar-refractivity contribution >= 4 is 57.5 Å². The van der Waals surface area contributed by atoms with Crippen LogP contribution in [0, 0.1) is 0 Å². The van der Waals surface area contributed by atoms with Crippen molar-refractivity contribution in [2.24, 2.45) is 0 Å². The van der Waals surface area contributed by atoms with Crippen LogP contribution in [0.25, 0.3) is 16.6 Å². The highest BCUT2D eigenvalue weighted by Crippen LogP contribution is 2.29. The van der Waals surface area contributed by atoms with Gasteiger partial charge in [-0.1, -0.05) is 66.2 Å². The first-order valence-electron chi connectivity index (χ1n) is 10.4. The fourth-order valence-electron chi connectivity index (χ4n) is 3.34. The highest BCUT2D eigenvalue weighted by atomic mass is 35.5. The highest BCUT2D eigenvalue weighted by Gasteiger charge is 2.21. The van der Waals surface area contributed by atoms with Gasteiger partial charge in [0, 0.05) is 5.02 Å². The Morgan fingerprint density at radius 1 is 1.09 bits per heavy atom. The Bertz CT molecular complexity index is 1390. The first-order chi connectivity index (χ1) is 15.9. The normalized spacial score (nSPS) is 12.0. The van der Waals surface area contributed by atoms with E-state index in [2.05, 4.69) is 12.2 Å². The fraction of sp³-hybridized carbons (Fsp3) is 0.160. The molecule has 1 heterocycles. The van der Waals surface area contributed by atoms with Gasteiger partial charge in [-0.05, 0) is 61.4 Å². The van der Waals surface area contributed by atoms with Crippen molar-refractivity contribution in [1.29, 1.82) is 0 Å². The minimum absolute atomic E-state index is 0.180. The molecule has 0 spiro atoms. The van der Waals surface area contributed by atoms with Crippen LogP contribution in [-0.2, 0) is 11.2 Å². The van der Waals surface area contributed by atoms with Gasteiger partial charge < -0.3 is 5.32 Å². The van der Waals surface area contributed by atoms with Crippen LogP contribution in [0.2, 0.25) is 10.0 Å². The molecule has 1 atom stereocenters. The number of rotatable bonds is 6. The van der Waals surface area contributed by atoms with Gasteiger partial charge in [0.1, 0.15) is 0 Å². The number of nitrogens with zero attached hydrogens (tertiary/aromatic N) is 2. The zero-order valence-corrected chi connectivity index (χ0v) is 20.3. The first-order valence-corrected chi connectivity index (χ1v) is 12.0. The third-order valence-corrected chi connectivity index (χ3v) is 6.79. The molecule has 4 aromatic rings. The third kappa shape index (κ3) is 5.08. The molecule has 1 amide bonds. The molecule has 168 valence electrons. The maximum absolute atomic E-state index is 13.4. The van der Waals surface area contributed by atoms with Crippen LogP contribution >= 0.6 is 35.0 Å². The number of amides is 1. The second-order valence-electron chi connectivity index (χ2n) is 7.45. The number of aryl methyl sites for hydroxylation is 1. The number of aromatic nitrogens is 2. The van der Waals surface area contributed by atoms with E-state index in [1.807, 2.05) is 36.4 Å². The molecule has 0 aliphatic heterocycles. The van der Waals surface area contributed by atoms with Crippen LogP contribution in [0.1, 0.15) is 19.4 Å². The number of hydrogen-bond donors (Lipinski definition) is 1. The van der Waals surface area contributed by atoms with Gasteiger partial charge in [0.25, 0.3) is 5.56 Å². The Morgan fingerprint density at radius 3 is 2.52 bits per heavy atom. The van der Waals surface area contributed by atoms with Gasteiger partial charge in [-0.25, -0.2) is 4.98 Å². The second kappa shape index (κ2) is 10.00. The third-order valence-electron chi connectivity index (χ3n) is 5.19. The number of nitrogens with one attached hydrogen (secondary N) is 1. The van der Waals surface area contributed by atoms with Crippen molar-refractivity contribution < 1.29 is 4.79 Å². The van der Waals surface area contributed by atoms with E-state index in [1.165, 1.54) is 17.3 Å². The molecule has 0 radical (unpaired) electrons. The van der Waals surface area contributed by atoms with Crippen molar-refractivity contribution in [3.8, 4) is 5.69 Å². The topological polar surface area (TPSA) is 64.0 Å². The molecule has 0 aliphatic rings. The van der Waals surface area contributed by atoms with Crippen LogP contribution in [0.15, 0.2) is 76.7 Å². The number of halogens is 2. The van der Waals surface area contributed by atoms with Crippen LogP contribution in [0.5, 0.6) is 0 Å². The molecule has 0 saturated carbocycles. The summed E-state index contributed by atoms with van der Waals surface area (Å²) in [7, 11) is 0. The lowest BCUT2D eigenvalue weighted by Gasteiger charge is -2.17. The molecule has 8 heteroatoms. The van der Waals surface area contributed by atoms with E-state index in [-0.39, 0.29) is 11.5 Å². The standard InChI is InChI=1S/C25H21Cl2N3O2S/c1-3-16-8-11-18(12-9-16)30-24(32)19-6-4-5-7-21(19)29-25(30)33-15(2)23(31)28-22-13-10-17(26)14-20(22)27/h4-15H,3H2,1-2H3,(H,28,31). The average molecular weight is 498 g/mol. The Labute approximate surface area is 205 Å². The van der Waals surface area contributed by atoms with Crippen LogP contribution in [0.3, 0.4) is 0 Å². The van der Waals surface area contributed by atoms with Gasteiger partial charge in [0.2, 0.25) is 5.91 Å². The second-order valence-corrected chi connectivity index (χ2v) is 9.60. The number of anilines is 1. The molecule has 33 heavy (non-hydrogen) atoms. The predicted molar refractivity (Wildman–Crippen MR) is 137 cm³/mol. The Balaban J connectivity index is 1.71. The van der Waals surface area contributed by atoms with E-state index in [1.54, 1.807) is 41.8 Å². The van der Waals surface area contributed by atoms with Crippen LogP contribution < -0.4 is 10.9 Å². The van der Waals surface area contributed by atoms with Crippen molar-refractivity contribution in [3.05, 3.63) is 92.7 Å².